The summed E-state index contributed by atoms with van der Waals surface area (Å²) in [5.41, 5.74) is 1.69. The van der Waals surface area contributed by atoms with Crippen LogP contribution in [0.1, 0.15) is 0 Å². The van der Waals surface area contributed by atoms with Gasteiger partial charge in [0.15, 0.2) is 17.4 Å². The zero-order valence-electron chi connectivity index (χ0n) is 10.5. The largest absolute Gasteiger partial charge is 0.485 e. The van der Waals surface area contributed by atoms with Crippen LogP contribution >= 0.6 is 0 Å². The average Bonchev–Trinajstić information content (AvgIpc) is 2.43. The Morgan fingerprint density at radius 2 is 1.85 bits per heavy atom. The molecule has 8 heteroatoms. The maximum atomic E-state index is 13.6. The molecule has 0 aliphatic carbocycles. The van der Waals surface area contributed by atoms with Gasteiger partial charge in [-0.3, -0.25) is 5.43 Å². The van der Waals surface area contributed by atoms with Crippen LogP contribution in [-0.4, -0.2) is 26.0 Å². The Kier molecular flexibility index (Phi) is 5.88. The number of nitrogens with zero attached hydrogens (tertiary/aromatic N) is 3. The summed E-state index contributed by atoms with van der Waals surface area (Å²) in [5.74, 6) is -2.40. The third-order valence-corrected chi connectivity index (χ3v) is 2.04. The highest BCUT2D eigenvalue weighted by Gasteiger charge is 2.12. The maximum absolute atomic E-state index is 13.6. The van der Waals surface area contributed by atoms with E-state index in [0.29, 0.717) is 0 Å². The van der Waals surface area contributed by atoms with Gasteiger partial charge in [0.05, 0.1) is 12.3 Å². The molecule has 0 heterocycles. The normalized spacial score (nSPS) is 9.25. The lowest BCUT2D eigenvalue weighted by atomic mass is 10.3. The zero-order valence-corrected chi connectivity index (χ0v) is 10.5. The molecule has 0 aliphatic rings. The summed E-state index contributed by atoms with van der Waals surface area (Å²) in [5, 5.41) is 20.3. The minimum absolute atomic E-state index is 0.00226. The number of halogens is 2. The number of rotatable bonds is 6. The van der Waals surface area contributed by atoms with Gasteiger partial charge in [0.25, 0.3) is 0 Å². The van der Waals surface area contributed by atoms with Crippen molar-refractivity contribution in [3.63, 3.8) is 0 Å². The van der Waals surface area contributed by atoms with Crippen LogP contribution in [0.3, 0.4) is 0 Å². The fourth-order valence-electron chi connectivity index (χ4n) is 1.18. The van der Waals surface area contributed by atoms with E-state index in [2.05, 4.69) is 10.5 Å². The molecule has 1 aromatic rings. The standard InChI is InChI=1S/C12H10F2N4O2/c1-19-2-3-20-12-10(13)4-8(5-11(12)14)17-18-9(6-15)7-16/h4-5,17H,2-3H2,1H3. The van der Waals surface area contributed by atoms with Crippen LogP contribution in [-0.2, 0) is 4.74 Å². The number of hydrazone groups is 1. The molecule has 1 aromatic carbocycles. The first-order chi connectivity index (χ1) is 9.62. The van der Waals surface area contributed by atoms with Gasteiger partial charge in [-0.05, 0) is 0 Å². The van der Waals surface area contributed by atoms with E-state index >= 15 is 0 Å². The topological polar surface area (TPSA) is 90.4 Å². The molecule has 0 radical (unpaired) electrons. The molecule has 0 unspecified atom stereocenters. The molecule has 1 N–H and O–H groups in total. The summed E-state index contributed by atoms with van der Waals surface area (Å²) in [6.45, 7) is 0.194. The predicted octanol–water partition coefficient (Wildman–Crippen LogP) is 1.81. The number of nitrogens with one attached hydrogen (secondary N) is 1. The molecule has 0 amide bonds. The Bertz CT molecular complexity index is 551. The fraction of sp³-hybridized carbons (Fsp3) is 0.250. The van der Waals surface area contributed by atoms with Gasteiger partial charge >= 0.3 is 0 Å². The van der Waals surface area contributed by atoms with E-state index in [-0.39, 0.29) is 18.9 Å². The summed E-state index contributed by atoms with van der Waals surface area (Å²) in [6, 6.07) is 4.86. The van der Waals surface area contributed by atoms with Crippen molar-refractivity contribution in [2.45, 2.75) is 0 Å². The highest BCUT2D eigenvalue weighted by atomic mass is 19.1. The van der Waals surface area contributed by atoms with E-state index in [4.69, 9.17) is 20.0 Å². The lowest BCUT2D eigenvalue weighted by Crippen LogP contribution is -2.07. The van der Waals surface area contributed by atoms with Gasteiger partial charge < -0.3 is 9.47 Å². The van der Waals surface area contributed by atoms with Crippen molar-refractivity contribution >= 4 is 11.4 Å². The van der Waals surface area contributed by atoms with Gasteiger partial charge in [0.1, 0.15) is 18.7 Å². The molecule has 0 aromatic heterocycles. The molecule has 0 atom stereocenters. The minimum Gasteiger partial charge on any atom is -0.485 e. The van der Waals surface area contributed by atoms with Gasteiger partial charge in [0.2, 0.25) is 5.71 Å². The molecule has 20 heavy (non-hydrogen) atoms. The molecule has 0 spiro atoms. The fourth-order valence-corrected chi connectivity index (χ4v) is 1.18. The number of methoxy groups -OCH3 is 1. The van der Waals surface area contributed by atoms with E-state index in [1.165, 1.54) is 19.2 Å². The van der Waals surface area contributed by atoms with Crippen molar-refractivity contribution in [2.75, 3.05) is 25.7 Å². The first-order valence-electron chi connectivity index (χ1n) is 5.37. The van der Waals surface area contributed by atoms with Gasteiger partial charge in [-0.2, -0.15) is 15.6 Å². The number of nitriles is 2. The third kappa shape index (κ3) is 4.19. The Morgan fingerprint density at radius 3 is 2.35 bits per heavy atom. The van der Waals surface area contributed by atoms with Gasteiger partial charge in [-0.15, -0.1) is 0 Å². The summed E-state index contributed by atoms with van der Waals surface area (Å²) < 4.78 is 36.8. The molecule has 0 fully saturated rings. The van der Waals surface area contributed by atoms with E-state index in [1.54, 1.807) is 0 Å². The van der Waals surface area contributed by atoms with Gasteiger partial charge in [-0.1, -0.05) is 0 Å². The highest BCUT2D eigenvalue weighted by molar-refractivity contribution is 6.10. The number of hydrogen-bond acceptors (Lipinski definition) is 6. The summed E-state index contributed by atoms with van der Waals surface area (Å²) in [7, 11) is 1.43. The van der Waals surface area contributed by atoms with Crippen LogP contribution < -0.4 is 10.2 Å². The van der Waals surface area contributed by atoms with Crippen LogP contribution in [0.15, 0.2) is 17.2 Å². The molecule has 0 saturated heterocycles. The molecule has 0 saturated carbocycles. The molecular formula is C12H10F2N4O2. The van der Waals surface area contributed by atoms with Crippen molar-refractivity contribution in [2.24, 2.45) is 5.10 Å². The monoisotopic (exact) mass is 280 g/mol. The van der Waals surface area contributed by atoms with E-state index in [1.807, 2.05) is 0 Å². The van der Waals surface area contributed by atoms with Gasteiger partial charge in [0, 0.05) is 19.2 Å². The zero-order chi connectivity index (χ0) is 15.0. The van der Waals surface area contributed by atoms with Crippen molar-refractivity contribution in [1.29, 1.82) is 10.5 Å². The maximum Gasteiger partial charge on any atom is 0.237 e. The molecule has 104 valence electrons. The van der Waals surface area contributed by atoms with Crippen molar-refractivity contribution in [1.82, 2.24) is 0 Å². The molecular weight excluding hydrogens is 270 g/mol. The minimum atomic E-state index is -0.936. The van der Waals surface area contributed by atoms with Crippen molar-refractivity contribution in [3.8, 4) is 17.9 Å². The van der Waals surface area contributed by atoms with Gasteiger partial charge in [-0.25, -0.2) is 8.78 Å². The number of anilines is 1. The number of benzene rings is 1. The quantitative estimate of drug-likeness (QED) is 0.487. The van der Waals surface area contributed by atoms with Crippen LogP contribution in [0.2, 0.25) is 0 Å². The highest BCUT2D eigenvalue weighted by Crippen LogP contribution is 2.25. The second-order valence-electron chi connectivity index (χ2n) is 3.41. The second kappa shape index (κ2) is 7.67. The molecule has 0 bridgehead atoms. The van der Waals surface area contributed by atoms with Crippen LogP contribution in [0, 0.1) is 34.3 Å². The Morgan fingerprint density at radius 1 is 1.25 bits per heavy atom. The number of hydrogen-bond donors (Lipinski definition) is 1. The van der Waals surface area contributed by atoms with Crippen molar-refractivity contribution in [3.05, 3.63) is 23.8 Å². The average molecular weight is 280 g/mol. The first-order valence-corrected chi connectivity index (χ1v) is 5.37. The lowest BCUT2D eigenvalue weighted by molar-refractivity contribution is 0.141. The summed E-state index contributed by atoms with van der Waals surface area (Å²) in [4.78, 5) is 0. The van der Waals surface area contributed by atoms with Crippen LogP contribution in [0.5, 0.6) is 5.75 Å². The van der Waals surface area contributed by atoms with Crippen LogP contribution in [0.25, 0.3) is 0 Å². The molecule has 1 rings (SSSR count). The SMILES string of the molecule is COCCOc1c(F)cc(NN=C(C#N)C#N)cc1F. The summed E-state index contributed by atoms with van der Waals surface area (Å²) in [6.07, 6.45) is 0. The second-order valence-corrected chi connectivity index (χ2v) is 3.41. The van der Waals surface area contributed by atoms with Crippen molar-refractivity contribution < 1.29 is 18.3 Å². The molecule has 0 aliphatic heterocycles. The Labute approximate surface area is 113 Å². The van der Waals surface area contributed by atoms with Crippen LogP contribution in [0.4, 0.5) is 14.5 Å². The predicted molar refractivity (Wildman–Crippen MR) is 66.0 cm³/mol. The van der Waals surface area contributed by atoms with E-state index in [0.717, 1.165) is 12.1 Å². The first kappa shape index (κ1) is 15.3. The number of ether oxygens (including phenoxy) is 2. The smallest absolute Gasteiger partial charge is 0.237 e. The van der Waals surface area contributed by atoms with E-state index < -0.39 is 23.1 Å². The lowest BCUT2D eigenvalue weighted by Gasteiger charge is -2.09. The third-order valence-electron chi connectivity index (χ3n) is 2.04. The molecule has 6 nitrogen and oxygen atoms in total. The van der Waals surface area contributed by atoms with E-state index in [9.17, 15) is 8.78 Å². The Balaban J connectivity index is 2.86. The summed E-state index contributed by atoms with van der Waals surface area (Å²) >= 11 is 0. The Hall–Kier alpha value is -2.71.